The van der Waals surface area contributed by atoms with Crippen LogP contribution in [0, 0.1) is 5.92 Å². The number of aliphatic hydroxyl groups is 16. The maximum absolute atomic E-state index is 11.2. The molecule has 2 fully saturated rings. The molecule has 442 valence electrons. The molecular weight excluding hydrogens is 1060 g/mol. The Morgan fingerprint density at radius 1 is 0.551 bits per heavy atom. The molecule has 78 heavy (non-hydrogen) atoms. The number of hydrogen-bond donors (Lipinski definition) is 16. The summed E-state index contributed by atoms with van der Waals surface area (Å²) in [6.45, 7) is 2.98. The Balaban J connectivity index is 0.0000304. The first-order valence-electron chi connectivity index (χ1n) is 26.0. The number of allylic oxidation sites excluding steroid dienone is 1. The van der Waals surface area contributed by atoms with Crippen LogP contribution in [0.15, 0.2) is 109 Å². The van der Waals surface area contributed by atoms with Gasteiger partial charge in [0.25, 0.3) is 0 Å². The first kappa shape index (κ1) is 73.8. The summed E-state index contributed by atoms with van der Waals surface area (Å²) in [6, 6.07) is 0. The Labute approximate surface area is 480 Å². The normalized spacial score (nSPS) is 24.9. The van der Waals surface area contributed by atoms with E-state index >= 15 is 0 Å². The first-order valence-corrected chi connectivity index (χ1v) is 27.4. The Hall–Kier alpha value is -2.19. The van der Waals surface area contributed by atoms with Crippen molar-refractivity contribution in [1.29, 1.82) is 0 Å². The van der Waals surface area contributed by atoms with Gasteiger partial charge in [-0.15, -0.1) is 0 Å². The molecule has 20 unspecified atom stereocenters. The molecule has 0 bridgehead atoms. The second-order valence-corrected chi connectivity index (χ2v) is 20.8. The predicted molar refractivity (Wildman–Crippen MR) is 282 cm³/mol. The fourth-order valence-corrected chi connectivity index (χ4v) is 8.68. The summed E-state index contributed by atoms with van der Waals surface area (Å²) in [4.78, 5) is 0. The third-order valence-corrected chi connectivity index (χ3v) is 12.8. The fraction of sp³-hybridized carbons (Fsp3) is 0.667. The van der Waals surface area contributed by atoms with Gasteiger partial charge in [0.2, 0.25) is 10.4 Å². The van der Waals surface area contributed by atoms with Gasteiger partial charge in [-0.2, -0.15) is 0 Å². The maximum Gasteiger partial charge on any atom is 1.00 e. The minimum atomic E-state index is -5.40. The van der Waals surface area contributed by atoms with E-state index < -0.39 is 120 Å². The molecule has 22 nitrogen and oxygen atoms in total. The van der Waals surface area contributed by atoms with Crippen molar-refractivity contribution >= 4 is 10.4 Å². The van der Waals surface area contributed by atoms with Gasteiger partial charge in [-0.1, -0.05) is 116 Å². The van der Waals surface area contributed by atoms with Gasteiger partial charge in [-0.25, -0.2) is 8.42 Å². The van der Waals surface area contributed by atoms with E-state index in [-0.39, 0.29) is 106 Å². The zero-order valence-electron chi connectivity index (χ0n) is 44.8. The van der Waals surface area contributed by atoms with Gasteiger partial charge in [-0.3, -0.25) is 4.18 Å². The fourth-order valence-electron chi connectivity index (χ4n) is 8.19. The van der Waals surface area contributed by atoms with Crippen LogP contribution in [0.2, 0.25) is 0 Å². The Kier molecular flexibility index (Phi) is 38.0. The van der Waals surface area contributed by atoms with Gasteiger partial charge in [0.05, 0.1) is 79.9 Å². The third kappa shape index (κ3) is 34.3. The zero-order chi connectivity index (χ0) is 57.7. The third-order valence-electron chi connectivity index (χ3n) is 12.3. The van der Waals surface area contributed by atoms with Gasteiger partial charge in [0.15, 0.2) is 0 Å². The summed E-state index contributed by atoms with van der Waals surface area (Å²) >= 11 is 0. The summed E-state index contributed by atoms with van der Waals surface area (Å²) in [7, 11) is -5.40. The van der Waals surface area contributed by atoms with Crippen molar-refractivity contribution in [3.05, 3.63) is 109 Å². The molecule has 0 radical (unpaired) electrons. The Morgan fingerprint density at radius 3 is 1.72 bits per heavy atom. The van der Waals surface area contributed by atoms with E-state index in [1.54, 1.807) is 62.5 Å². The van der Waals surface area contributed by atoms with Crippen molar-refractivity contribution in [2.24, 2.45) is 5.92 Å². The van der Waals surface area contributed by atoms with Crippen LogP contribution in [0.1, 0.15) is 90.9 Å². The average molecular weight is 1140 g/mol. The van der Waals surface area contributed by atoms with Crippen molar-refractivity contribution < 1.29 is 138 Å². The van der Waals surface area contributed by atoms with Gasteiger partial charge in [-0.05, 0) is 64.2 Å². The molecule has 24 heteroatoms. The molecule has 0 aromatic rings. The van der Waals surface area contributed by atoms with Gasteiger partial charge >= 0.3 is 29.6 Å². The number of ether oxygens (including phenoxy) is 2. The number of rotatable bonds is 42. The van der Waals surface area contributed by atoms with Gasteiger partial charge in [0.1, 0.15) is 42.7 Å². The molecular formula is C54H87NaO22S. The second-order valence-electron chi connectivity index (χ2n) is 19.8. The molecule has 0 aromatic carbocycles. The van der Waals surface area contributed by atoms with E-state index in [9.17, 15) is 84.5 Å². The number of aliphatic hydroxyl groups excluding tert-OH is 16. The molecule has 2 heterocycles. The van der Waals surface area contributed by atoms with Crippen LogP contribution in [0.5, 0.6) is 0 Å². The molecule has 2 aliphatic heterocycles. The van der Waals surface area contributed by atoms with E-state index in [0.717, 1.165) is 12.2 Å². The summed E-state index contributed by atoms with van der Waals surface area (Å²) < 4.78 is 49.3. The van der Waals surface area contributed by atoms with E-state index in [1.807, 2.05) is 0 Å². The first-order chi connectivity index (χ1) is 36.3. The molecule has 20 atom stereocenters. The van der Waals surface area contributed by atoms with Crippen LogP contribution in [0.3, 0.4) is 0 Å². The Morgan fingerprint density at radius 2 is 1.09 bits per heavy atom. The minimum absolute atomic E-state index is 0. The molecule has 0 aliphatic carbocycles. The quantitative estimate of drug-likeness (QED) is 0.00914. The van der Waals surface area contributed by atoms with E-state index in [2.05, 4.69) is 4.18 Å². The molecule has 2 aliphatic rings. The monoisotopic (exact) mass is 1140 g/mol. The summed E-state index contributed by atoms with van der Waals surface area (Å²) in [5.74, 6) is -0.465. The predicted octanol–water partition coefficient (Wildman–Crippen LogP) is -3.88. The van der Waals surface area contributed by atoms with Crippen molar-refractivity contribution in [3.63, 3.8) is 0 Å². The standard InChI is InChI=1S/C54H88O22S.Na/c1-34(21-24-46(67)50(69)51(70)48(76-77(71,72)73)32-41(62)12-5-6-25-55)27-45(66)31-44(65)23-22-43(64)30-40(61)17-8-15-38(59)28-35(2)29-39(60)16-9-18-42(63)33-49-53(74-49)54-52(75-54)47(68)20-4-3-11-36(57)13-7-14-37(58)19-10-26-56;/h3-5,7-10,12-13,15,18-19,21-24,29,34,36-70H,6,11,14,16-17,20,25-28,30-33H2,1-2H3,(H,71,72,73);/q;+1/p-1/b4-3+,12-5+,13-7+,15-8+,18-9+,19-10+,23-22+,24-21+,35-29+;. The van der Waals surface area contributed by atoms with E-state index in [0.29, 0.717) is 31.3 Å². The molecule has 2 saturated heterocycles. The summed E-state index contributed by atoms with van der Waals surface area (Å²) in [5, 5.41) is 163. The van der Waals surface area contributed by atoms with Crippen LogP contribution in [0.4, 0.5) is 0 Å². The van der Waals surface area contributed by atoms with Crippen molar-refractivity contribution in [3.8, 4) is 0 Å². The maximum atomic E-state index is 11.2. The van der Waals surface area contributed by atoms with Crippen LogP contribution in [0.25, 0.3) is 0 Å². The molecule has 0 aromatic heterocycles. The van der Waals surface area contributed by atoms with Gasteiger partial charge < -0.3 is 95.7 Å². The molecule has 2 rings (SSSR count). The zero-order valence-corrected chi connectivity index (χ0v) is 47.6. The van der Waals surface area contributed by atoms with Crippen molar-refractivity contribution in [2.45, 2.75) is 207 Å². The largest absolute Gasteiger partial charge is 1.00 e. The van der Waals surface area contributed by atoms with E-state index in [4.69, 9.17) is 19.7 Å². The smallest absolute Gasteiger partial charge is 0.726 e. The molecule has 0 amide bonds. The van der Waals surface area contributed by atoms with Gasteiger partial charge in [0, 0.05) is 32.3 Å². The summed E-state index contributed by atoms with van der Waals surface area (Å²) in [6.07, 6.45) is 6.16. The number of hydrogen-bond acceptors (Lipinski definition) is 22. The Bertz CT molecular complexity index is 2010. The molecule has 0 saturated carbocycles. The van der Waals surface area contributed by atoms with Crippen LogP contribution < -0.4 is 29.6 Å². The van der Waals surface area contributed by atoms with Crippen molar-refractivity contribution in [2.75, 3.05) is 13.2 Å². The van der Waals surface area contributed by atoms with Crippen LogP contribution in [-0.2, 0) is 24.1 Å². The van der Waals surface area contributed by atoms with E-state index in [1.165, 1.54) is 42.5 Å². The summed E-state index contributed by atoms with van der Waals surface area (Å²) in [5.41, 5.74) is 0.696. The molecule has 16 N–H and O–H groups in total. The molecule has 0 spiro atoms. The number of epoxide rings is 2. The SMILES string of the molecule is C/C(=C\C(O)C/C=C/C(O)CC1OC1C1OC1C(O)C/C=C/CC(O)/C=C/CC(O)/C=C/CO)CC(O)/C=C/CC(O)CC(O)/C=C/C(O)CC(O)CC(C)/C=C/C(O)C(O)C(O)C(CC(O)/C=C/CCO)OS(=O)(=O)[O-].[Na+]. The second kappa shape index (κ2) is 40.1. The van der Waals surface area contributed by atoms with Crippen LogP contribution >= 0.6 is 0 Å². The minimum Gasteiger partial charge on any atom is -0.726 e. The topological polar surface area (TPSA) is 415 Å². The average Bonchev–Trinajstić information content (AvgIpc) is 4.28. The van der Waals surface area contributed by atoms with Crippen molar-refractivity contribution in [1.82, 2.24) is 0 Å². The van der Waals surface area contributed by atoms with Crippen LogP contribution in [-0.4, -0.2) is 224 Å².